The van der Waals surface area contributed by atoms with Crippen molar-refractivity contribution in [3.8, 4) is 11.6 Å². The molecule has 2 atom stereocenters. The highest BCUT2D eigenvalue weighted by molar-refractivity contribution is 9.10. The summed E-state index contributed by atoms with van der Waals surface area (Å²) in [5.41, 5.74) is 1.10. The Kier molecular flexibility index (Phi) is 3.06. The summed E-state index contributed by atoms with van der Waals surface area (Å²) >= 11 is 3.62. The molecule has 0 saturated heterocycles. The normalized spacial score (nSPS) is 24.1. The van der Waals surface area contributed by atoms with E-state index < -0.39 is 0 Å². The third kappa shape index (κ3) is 2.37. The molecule has 0 spiro atoms. The Labute approximate surface area is 132 Å². The van der Waals surface area contributed by atoms with Crippen LogP contribution in [0.3, 0.4) is 0 Å². The summed E-state index contributed by atoms with van der Waals surface area (Å²) < 4.78 is 6.98. The van der Waals surface area contributed by atoms with E-state index in [1.807, 2.05) is 13.1 Å². The lowest BCUT2D eigenvalue weighted by Crippen LogP contribution is -2.02. The Bertz CT molecular complexity index is 693. The monoisotopic (exact) mass is 347 g/mol. The maximum atomic E-state index is 5.99. The molecule has 5 heteroatoms. The fourth-order valence-electron chi connectivity index (χ4n) is 2.76. The molecule has 1 N–H and O–H groups in total. The van der Waals surface area contributed by atoms with Gasteiger partial charge in [-0.3, -0.25) is 0 Å². The van der Waals surface area contributed by atoms with Gasteiger partial charge in [0.1, 0.15) is 11.6 Å². The lowest BCUT2D eigenvalue weighted by molar-refractivity contribution is 0.514. The number of aromatic nitrogens is 2. The highest BCUT2D eigenvalue weighted by Gasteiger charge is 2.37. The molecule has 2 heterocycles. The van der Waals surface area contributed by atoms with Crippen molar-refractivity contribution in [1.82, 2.24) is 9.97 Å². The molecule has 0 aliphatic heterocycles. The Morgan fingerprint density at radius 2 is 2.05 bits per heavy atom. The van der Waals surface area contributed by atoms with Crippen molar-refractivity contribution in [3.05, 3.63) is 28.1 Å². The Hall–Kier alpha value is -1.36. The zero-order chi connectivity index (χ0) is 14.6. The molecule has 110 valence electrons. The molecule has 2 saturated carbocycles. The average Bonchev–Trinajstić information content (AvgIpc) is 3.40. The van der Waals surface area contributed by atoms with Crippen LogP contribution in [-0.2, 0) is 0 Å². The van der Waals surface area contributed by atoms with Crippen LogP contribution in [0, 0.1) is 5.92 Å². The van der Waals surface area contributed by atoms with Gasteiger partial charge in [-0.15, -0.1) is 0 Å². The molecule has 2 aromatic rings. The molecule has 0 amide bonds. The molecule has 2 unspecified atom stereocenters. The van der Waals surface area contributed by atoms with Crippen LogP contribution in [0.5, 0.6) is 0 Å². The summed E-state index contributed by atoms with van der Waals surface area (Å²) in [5.74, 6) is 5.25. The summed E-state index contributed by atoms with van der Waals surface area (Å²) in [6, 6.07) is 4.07. The van der Waals surface area contributed by atoms with Crippen LogP contribution in [0.1, 0.15) is 49.5 Å². The maximum Gasteiger partial charge on any atom is 0.197 e. The first kappa shape index (κ1) is 13.3. The van der Waals surface area contributed by atoms with Crippen molar-refractivity contribution in [2.45, 2.75) is 38.0 Å². The number of nitrogens with zero attached hydrogens (tertiary/aromatic N) is 2. The molecule has 2 fully saturated rings. The number of hydrogen-bond donors (Lipinski definition) is 1. The average molecular weight is 348 g/mol. The maximum absolute atomic E-state index is 5.99. The number of anilines is 1. The summed E-state index contributed by atoms with van der Waals surface area (Å²) in [6.07, 6.45) is 3.64. The number of halogens is 1. The number of furan rings is 1. The minimum Gasteiger partial charge on any atom is -0.457 e. The van der Waals surface area contributed by atoms with E-state index in [0.717, 1.165) is 33.4 Å². The van der Waals surface area contributed by atoms with Crippen molar-refractivity contribution < 1.29 is 4.42 Å². The van der Waals surface area contributed by atoms with Gasteiger partial charge in [-0.1, -0.05) is 6.92 Å². The smallest absolute Gasteiger partial charge is 0.197 e. The lowest BCUT2D eigenvalue weighted by atomic mass is 10.2. The zero-order valence-corrected chi connectivity index (χ0v) is 13.8. The van der Waals surface area contributed by atoms with Crippen LogP contribution in [-0.4, -0.2) is 17.0 Å². The van der Waals surface area contributed by atoms with E-state index in [1.165, 1.54) is 19.3 Å². The minimum absolute atomic E-state index is 0.561. The summed E-state index contributed by atoms with van der Waals surface area (Å²) in [4.78, 5) is 9.31. The Morgan fingerprint density at radius 3 is 2.67 bits per heavy atom. The first-order chi connectivity index (χ1) is 10.2. The number of nitrogens with one attached hydrogen (secondary N) is 1. The second-order valence-corrected chi connectivity index (χ2v) is 6.93. The first-order valence-corrected chi connectivity index (χ1v) is 8.32. The molecule has 4 rings (SSSR count). The van der Waals surface area contributed by atoms with Crippen LogP contribution in [0.25, 0.3) is 11.6 Å². The molecular weight excluding hydrogens is 330 g/mol. The Balaban J connectivity index is 1.73. The van der Waals surface area contributed by atoms with Gasteiger partial charge in [0.05, 0.1) is 10.2 Å². The van der Waals surface area contributed by atoms with Gasteiger partial charge < -0.3 is 9.73 Å². The fraction of sp³-hybridized carbons (Fsp3) is 0.500. The van der Waals surface area contributed by atoms with E-state index in [9.17, 15) is 0 Å². The minimum atomic E-state index is 0.561. The summed E-state index contributed by atoms with van der Waals surface area (Å²) in [5, 5.41) is 3.14. The SMILES string of the molecule is CNc1nc(-c2ccc(C3CC3C)o2)nc(C2CC2)c1Br. The second kappa shape index (κ2) is 4.83. The standard InChI is InChI=1S/C16H18BrN3O/c1-8-7-10(8)11-5-6-12(21-11)15-19-14(9-3-4-9)13(17)16(18-2)20-15/h5-6,8-10H,3-4,7H2,1-2H3,(H,18,19,20). The van der Waals surface area contributed by atoms with E-state index in [0.29, 0.717) is 17.7 Å². The van der Waals surface area contributed by atoms with Gasteiger partial charge in [0.25, 0.3) is 0 Å². The Morgan fingerprint density at radius 1 is 1.29 bits per heavy atom. The first-order valence-electron chi connectivity index (χ1n) is 7.52. The topological polar surface area (TPSA) is 51.0 Å². The summed E-state index contributed by atoms with van der Waals surface area (Å²) in [7, 11) is 1.88. The van der Waals surface area contributed by atoms with Crippen molar-refractivity contribution >= 4 is 21.7 Å². The zero-order valence-electron chi connectivity index (χ0n) is 12.2. The number of rotatable bonds is 4. The molecule has 0 bridgehead atoms. The van der Waals surface area contributed by atoms with Crippen LogP contribution >= 0.6 is 15.9 Å². The lowest BCUT2D eigenvalue weighted by Gasteiger charge is -2.09. The van der Waals surface area contributed by atoms with Crippen LogP contribution in [0.2, 0.25) is 0 Å². The van der Waals surface area contributed by atoms with E-state index in [2.05, 4.69) is 39.2 Å². The van der Waals surface area contributed by atoms with Gasteiger partial charge in [0.15, 0.2) is 11.6 Å². The van der Waals surface area contributed by atoms with Gasteiger partial charge in [-0.2, -0.15) is 0 Å². The predicted molar refractivity (Wildman–Crippen MR) is 85.5 cm³/mol. The number of hydrogen-bond acceptors (Lipinski definition) is 4. The largest absolute Gasteiger partial charge is 0.457 e. The van der Waals surface area contributed by atoms with Gasteiger partial charge in [0, 0.05) is 18.9 Å². The van der Waals surface area contributed by atoms with E-state index in [-0.39, 0.29) is 0 Å². The predicted octanol–water partition coefficient (Wildman–Crippen LogP) is 4.54. The van der Waals surface area contributed by atoms with Crippen LogP contribution < -0.4 is 5.32 Å². The summed E-state index contributed by atoms with van der Waals surface area (Å²) in [6.45, 7) is 2.26. The molecule has 2 aromatic heterocycles. The molecule has 4 nitrogen and oxygen atoms in total. The van der Waals surface area contributed by atoms with E-state index in [4.69, 9.17) is 9.40 Å². The molecular formula is C16H18BrN3O. The molecule has 0 radical (unpaired) electrons. The van der Waals surface area contributed by atoms with Crippen molar-refractivity contribution in [2.75, 3.05) is 12.4 Å². The second-order valence-electron chi connectivity index (χ2n) is 6.14. The van der Waals surface area contributed by atoms with Crippen molar-refractivity contribution in [2.24, 2.45) is 5.92 Å². The molecule has 2 aliphatic carbocycles. The van der Waals surface area contributed by atoms with Gasteiger partial charge in [0.2, 0.25) is 0 Å². The van der Waals surface area contributed by atoms with Crippen molar-refractivity contribution in [1.29, 1.82) is 0 Å². The van der Waals surface area contributed by atoms with Crippen molar-refractivity contribution in [3.63, 3.8) is 0 Å². The molecule has 21 heavy (non-hydrogen) atoms. The fourth-order valence-corrected chi connectivity index (χ4v) is 3.46. The third-order valence-corrected chi connectivity index (χ3v) is 5.18. The molecule has 2 aliphatic rings. The quantitative estimate of drug-likeness (QED) is 0.881. The van der Waals surface area contributed by atoms with Gasteiger partial charge in [-0.05, 0) is 53.2 Å². The van der Waals surface area contributed by atoms with Gasteiger partial charge >= 0.3 is 0 Å². The third-order valence-electron chi connectivity index (χ3n) is 4.40. The van der Waals surface area contributed by atoms with E-state index >= 15 is 0 Å². The van der Waals surface area contributed by atoms with Gasteiger partial charge in [-0.25, -0.2) is 9.97 Å². The van der Waals surface area contributed by atoms with Crippen LogP contribution in [0.15, 0.2) is 21.0 Å². The highest BCUT2D eigenvalue weighted by atomic mass is 79.9. The molecule has 0 aromatic carbocycles. The van der Waals surface area contributed by atoms with Crippen LogP contribution in [0.4, 0.5) is 5.82 Å². The van der Waals surface area contributed by atoms with E-state index in [1.54, 1.807) is 0 Å². The highest BCUT2D eigenvalue weighted by Crippen LogP contribution is 2.48.